The van der Waals surface area contributed by atoms with Crippen LogP contribution in [0.5, 0.6) is 0 Å². The average molecular weight is 328 g/mol. The Hall–Kier alpha value is -1.94. The Bertz CT molecular complexity index is 713. The van der Waals surface area contributed by atoms with Crippen LogP contribution in [0.15, 0.2) is 59.2 Å². The van der Waals surface area contributed by atoms with Gasteiger partial charge in [-0.15, -0.1) is 0 Å². The molecule has 0 atom stereocenters. The summed E-state index contributed by atoms with van der Waals surface area (Å²) in [6, 6.07) is 16.1. The Labute approximate surface area is 126 Å². The van der Waals surface area contributed by atoms with Crippen molar-refractivity contribution in [2.24, 2.45) is 0 Å². The van der Waals surface area contributed by atoms with E-state index in [4.69, 9.17) is 0 Å². The van der Waals surface area contributed by atoms with Gasteiger partial charge in [-0.1, -0.05) is 18.2 Å². The van der Waals surface area contributed by atoms with Crippen LogP contribution < -0.4 is 5.32 Å². The number of hydrogen-bond donors (Lipinski definition) is 1. The molecular weight excluding hydrogens is 314 g/mol. The predicted molar refractivity (Wildman–Crippen MR) is 85.9 cm³/mol. The molecule has 3 aromatic rings. The SMILES string of the molecule is Brc1cccc2ccc(NCCc3ccccn3)nc12. The van der Waals surface area contributed by atoms with E-state index in [0.717, 1.165) is 39.9 Å². The minimum absolute atomic E-state index is 0.819. The molecule has 3 nitrogen and oxygen atoms in total. The first-order valence-electron chi connectivity index (χ1n) is 6.52. The van der Waals surface area contributed by atoms with Gasteiger partial charge in [0.05, 0.1) is 5.52 Å². The molecule has 4 heteroatoms. The molecule has 0 aliphatic heterocycles. The Morgan fingerprint density at radius 1 is 1.00 bits per heavy atom. The summed E-state index contributed by atoms with van der Waals surface area (Å²) in [7, 11) is 0. The minimum atomic E-state index is 0.819. The van der Waals surface area contributed by atoms with Crippen molar-refractivity contribution in [2.45, 2.75) is 6.42 Å². The number of para-hydroxylation sites is 1. The fourth-order valence-electron chi connectivity index (χ4n) is 2.07. The van der Waals surface area contributed by atoms with E-state index in [0.29, 0.717) is 0 Å². The van der Waals surface area contributed by atoms with Crippen LogP contribution in [0.3, 0.4) is 0 Å². The molecule has 0 amide bonds. The molecule has 0 radical (unpaired) electrons. The average Bonchev–Trinajstić information content (AvgIpc) is 2.49. The molecule has 0 aliphatic rings. The Kier molecular flexibility index (Phi) is 3.92. The van der Waals surface area contributed by atoms with Gasteiger partial charge in [0, 0.05) is 34.7 Å². The second-order valence-corrected chi connectivity index (χ2v) is 5.36. The highest BCUT2D eigenvalue weighted by Crippen LogP contribution is 2.23. The molecule has 0 unspecified atom stereocenters. The molecule has 0 spiro atoms. The topological polar surface area (TPSA) is 37.8 Å². The zero-order chi connectivity index (χ0) is 13.8. The van der Waals surface area contributed by atoms with Crippen LogP contribution in [-0.4, -0.2) is 16.5 Å². The lowest BCUT2D eigenvalue weighted by Gasteiger charge is -2.07. The van der Waals surface area contributed by atoms with Crippen LogP contribution in [0.1, 0.15) is 5.69 Å². The summed E-state index contributed by atoms with van der Waals surface area (Å²) >= 11 is 3.54. The molecule has 2 heterocycles. The summed E-state index contributed by atoms with van der Waals surface area (Å²) in [6.07, 6.45) is 2.71. The van der Waals surface area contributed by atoms with Crippen LogP contribution in [0.4, 0.5) is 5.82 Å². The van der Waals surface area contributed by atoms with Crippen LogP contribution >= 0.6 is 15.9 Å². The standard InChI is InChI=1S/C16H14BrN3/c17-14-6-3-4-12-7-8-15(20-16(12)14)19-11-9-13-5-1-2-10-18-13/h1-8,10H,9,11H2,(H,19,20). The number of fused-ring (bicyclic) bond motifs is 1. The first-order chi connectivity index (χ1) is 9.83. The summed E-state index contributed by atoms with van der Waals surface area (Å²) < 4.78 is 1.02. The number of anilines is 1. The van der Waals surface area contributed by atoms with E-state index >= 15 is 0 Å². The molecule has 0 bridgehead atoms. The first-order valence-corrected chi connectivity index (χ1v) is 7.31. The number of hydrogen-bond acceptors (Lipinski definition) is 3. The van der Waals surface area contributed by atoms with Crippen LogP contribution in [0, 0.1) is 0 Å². The molecule has 1 N–H and O–H groups in total. The normalized spacial score (nSPS) is 10.7. The number of pyridine rings is 2. The van der Waals surface area contributed by atoms with E-state index in [9.17, 15) is 0 Å². The number of nitrogens with one attached hydrogen (secondary N) is 1. The molecule has 1 aromatic carbocycles. The van der Waals surface area contributed by atoms with Gasteiger partial charge in [-0.05, 0) is 46.3 Å². The maximum Gasteiger partial charge on any atom is 0.126 e. The zero-order valence-corrected chi connectivity index (χ0v) is 12.5. The lowest BCUT2D eigenvalue weighted by Crippen LogP contribution is -2.07. The maximum absolute atomic E-state index is 4.63. The van der Waals surface area contributed by atoms with Crippen molar-refractivity contribution in [2.75, 3.05) is 11.9 Å². The maximum atomic E-state index is 4.63. The van der Waals surface area contributed by atoms with E-state index in [1.807, 2.05) is 42.6 Å². The van der Waals surface area contributed by atoms with E-state index in [-0.39, 0.29) is 0 Å². The highest BCUT2D eigenvalue weighted by atomic mass is 79.9. The molecule has 0 aliphatic carbocycles. The smallest absolute Gasteiger partial charge is 0.126 e. The summed E-state index contributed by atoms with van der Waals surface area (Å²) in [5.74, 6) is 0.889. The third-order valence-electron chi connectivity index (χ3n) is 3.08. The second-order valence-electron chi connectivity index (χ2n) is 4.51. The summed E-state index contributed by atoms with van der Waals surface area (Å²) in [6.45, 7) is 0.819. The van der Waals surface area contributed by atoms with E-state index in [2.05, 4.69) is 43.3 Å². The van der Waals surface area contributed by atoms with Crippen molar-refractivity contribution in [1.82, 2.24) is 9.97 Å². The van der Waals surface area contributed by atoms with E-state index in [1.54, 1.807) is 0 Å². The number of aromatic nitrogens is 2. The van der Waals surface area contributed by atoms with Gasteiger partial charge in [-0.3, -0.25) is 4.98 Å². The van der Waals surface area contributed by atoms with Crippen LogP contribution in [0.25, 0.3) is 10.9 Å². The number of rotatable bonds is 4. The van der Waals surface area contributed by atoms with Crippen LogP contribution in [0.2, 0.25) is 0 Å². The van der Waals surface area contributed by atoms with E-state index in [1.165, 1.54) is 0 Å². The van der Waals surface area contributed by atoms with Crippen molar-refractivity contribution < 1.29 is 0 Å². The van der Waals surface area contributed by atoms with Crippen molar-refractivity contribution in [3.8, 4) is 0 Å². The van der Waals surface area contributed by atoms with Gasteiger partial charge in [0.25, 0.3) is 0 Å². The van der Waals surface area contributed by atoms with Crippen LogP contribution in [-0.2, 0) is 6.42 Å². The Morgan fingerprint density at radius 2 is 1.95 bits per heavy atom. The first kappa shape index (κ1) is 13.1. The fraction of sp³-hybridized carbons (Fsp3) is 0.125. The minimum Gasteiger partial charge on any atom is -0.370 e. The van der Waals surface area contributed by atoms with Gasteiger partial charge in [0.2, 0.25) is 0 Å². The van der Waals surface area contributed by atoms with Gasteiger partial charge in [-0.25, -0.2) is 4.98 Å². The summed E-state index contributed by atoms with van der Waals surface area (Å²) in [5.41, 5.74) is 2.07. The highest BCUT2D eigenvalue weighted by Gasteiger charge is 2.01. The van der Waals surface area contributed by atoms with E-state index < -0.39 is 0 Å². The van der Waals surface area contributed by atoms with Crippen molar-refractivity contribution in [3.63, 3.8) is 0 Å². The van der Waals surface area contributed by atoms with Gasteiger partial charge >= 0.3 is 0 Å². The predicted octanol–water partition coefficient (Wildman–Crippen LogP) is 4.05. The third-order valence-corrected chi connectivity index (χ3v) is 3.72. The second kappa shape index (κ2) is 6.01. The number of nitrogens with zero attached hydrogens (tertiary/aromatic N) is 2. The van der Waals surface area contributed by atoms with Crippen molar-refractivity contribution >= 4 is 32.7 Å². The molecule has 100 valence electrons. The monoisotopic (exact) mass is 327 g/mol. The fourth-order valence-corrected chi connectivity index (χ4v) is 2.54. The van der Waals surface area contributed by atoms with Gasteiger partial charge < -0.3 is 5.32 Å². The lowest BCUT2D eigenvalue weighted by molar-refractivity contribution is 0.955. The number of benzene rings is 1. The van der Waals surface area contributed by atoms with Crippen molar-refractivity contribution in [1.29, 1.82) is 0 Å². The quantitative estimate of drug-likeness (QED) is 0.785. The zero-order valence-electron chi connectivity index (χ0n) is 10.9. The summed E-state index contributed by atoms with van der Waals surface area (Å²) in [4.78, 5) is 8.93. The lowest BCUT2D eigenvalue weighted by atomic mass is 10.2. The third kappa shape index (κ3) is 2.96. The molecule has 0 saturated heterocycles. The van der Waals surface area contributed by atoms with Gasteiger partial charge in [0.1, 0.15) is 5.82 Å². The van der Waals surface area contributed by atoms with Gasteiger partial charge in [0.15, 0.2) is 0 Å². The van der Waals surface area contributed by atoms with Gasteiger partial charge in [-0.2, -0.15) is 0 Å². The Morgan fingerprint density at radius 3 is 2.80 bits per heavy atom. The number of halogens is 1. The Balaban J connectivity index is 1.70. The molecule has 0 saturated carbocycles. The molecule has 0 fully saturated rings. The highest BCUT2D eigenvalue weighted by molar-refractivity contribution is 9.10. The largest absolute Gasteiger partial charge is 0.370 e. The molecular formula is C16H14BrN3. The molecule has 20 heavy (non-hydrogen) atoms. The molecule has 3 rings (SSSR count). The van der Waals surface area contributed by atoms with Crippen molar-refractivity contribution in [3.05, 3.63) is 64.9 Å². The molecule has 2 aromatic heterocycles. The summed E-state index contributed by atoms with van der Waals surface area (Å²) in [5, 5.41) is 4.47.